The Morgan fingerprint density at radius 1 is 1.09 bits per heavy atom. The number of aryl methyl sites for hydroxylation is 2. The van der Waals surface area contributed by atoms with E-state index in [1.54, 1.807) is 38.7 Å². The molecular formula is C23H25N5O4S. The summed E-state index contributed by atoms with van der Waals surface area (Å²) in [7, 11) is 6.28. The van der Waals surface area contributed by atoms with Crippen molar-refractivity contribution >= 4 is 34.0 Å². The van der Waals surface area contributed by atoms with E-state index in [4.69, 9.17) is 14.2 Å². The number of nitrogens with zero attached hydrogens (tertiary/aromatic N) is 4. The van der Waals surface area contributed by atoms with Gasteiger partial charge >= 0.3 is 5.97 Å². The molecule has 0 radical (unpaired) electrons. The Balaban J connectivity index is 1.64. The van der Waals surface area contributed by atoms with Crippen LogP contribution in [0.3, 0.4) is 0 Å². The van der Waals surface area contributed by atoms with E-state index in [0.717, 1.165) is 26.4 Å². The zero-order chi connectivity index (χ0) is 23.7. The number of esters is 1. The van der Waals surface area contributed by atoms with E-state index in [2.05, 4.69) is 27.3 Å². The molecule has 4 aromatic rings. The lowest BCUT2D eigenvalue weighted by molar-refractivity contribution is 0.0588. The van der Waals surface area contributed by atoms with E-state index in [1.165, 1.54) is 11.8 Å². The number of rotatable bonds is 7. The summed E-state index contributed by atoms with van der Waals surface area (Å²) in [6, 6.07) is 9.48. The summed E-state index contributed by atoms with van der Waals surface area (Å²) in [5.41, 5.74) is 1.90. The van der Waals surface area contributed by atoms with Gasteiger partial charge in [0.1, 0.15) is 23.0 Å². The molecule has 1 N–H and O–H groups in total. The van der Waals surface area contributed by atoms with Gasteiger partial charge in [0.2, 0.25) is 0 Å². The summed E-state index contributed by atoms with van der Waals surface area (Å²) < 4.78 is 17.2. The molecule has 4 rings (SSSR count). The molecule has 0 amide bonds. The number of carbonyl (C=O) groups excluding carboxylic acids is 1. The average Bonchev–Trinajstić information content (AvgIpc) is 3.44. The molecule has 172 valence electrons. The highest BCUT2D eigenvalue weighted by Gasteiger charge is 2.18. The quantitative estimate of drug-likeness (QED) is 0.400. The first kappa shape index (κ1) is 22.5. The third-order valence-corrected chi connectivity index (χ3v) is 6.54. The first-order chi connectivity index (χ1) is 15.8. The normalized spacial score (nSPS) is 11.9. The number of anilines is 1. The van der Waals surface area contributed by atoms with Crippen molar-refractivity contribution < 1.29 is 19.0 Å². The molecule has 33 heavy (non-hydrogen) atoms. The van der Waals surface area contributed by atoms with Gasteiger partial charge in [0.05, 0.1) is 37.8 Å². The number of hydrogen-bond acceptors (Lipinski definition) is 9. The molecule has 0 bridgehead atoms. The Morgan fingerprint density at radius 3 is 2.52 bits per heavy atom. The number of fused-ring (bicyclic) bond motifs is 1. The molecule has 3 heterocycles. The number of ether oxygens (including phenoxy) is 3. The lowest BCUT2D eigenvalue weighted by atomic mass is 10.2. The van der Waals surface area contributed by atoms with E-state index in [9.17, 15) is 4.79 Å². The standard InChI is InChI=1S/C23H25N5O4S/c1-12(20-7-8-21(33-20)16-10-17(23(29)32-6)28(3)27-16)24-22-14-9-18(30-4)19(31-5)11-15(14)25-13(2)26-22/h7-12H,1-6H3,(H,24,25,26). The monoisotopic (exact) mass is 467 g/mol. The van der Waals surface area contributed by atoms with Crippen LogP contribution in [0.1, 0.15) is 34.2 Å². The molecule has 0 fully saturated rings. The zero-order valence-electron chi connectivity index (χ0n) is 19.3. The highest BCUT2D eigenvalue weighted by molar-refractivity contribution is 7.15. The lowest BCUT2D eigenvalue weighted by Crippen LogP contribution is -2.08. The fourth-order valence-electron chi connectivity index (χ4n) is 3.56. The Kier molecular flexibility index (Phi) is 6.19. The highest BCUT2D eigenvalue weighted by atomic mass is 32.1. The Hall–Kier alpha value is -3.66. The van der Waals surface area contributed by atoms with Crippen LogP contribution in [0.5, 0.6) is 11.5 Å². The number of thiophene rings is 1. The number of methoxy groups -OCH3 is 3. The minimum Gasteiger partial charge on any atom is -0.493 e. The van der Waals surface area contributed by atoms with Gasteiger partial charge in [0, 0.05) is 23.4 Å². The molecule has 0 aliphatic carbocycles. The third kappa shape index (κ3) is 4.34. The van der Waals surface area contributed by atoms with Crippen LogP contribution in [0, 0.1) is 6.92 Å². The Bertz CT molecular complexity index is 1330. The largest absolute Gasteiger partial charge is 0.493 e. The molecule has 3 aromatic heterocycles. The summed E-state index contributed by atoms with van der Waals surface area (Å²) in [6.45, 7) is 3.92. The summed E-state index contributed by atoms with van der Waals surface area (Å²) in [4.78, 5) is 23.1. The molecule has 0 aliphatic heterocycles. The number of hydrogen-bond donors (Lipinski definition) is 1. The number of aromatic nitrogens is 4. The number of benzene rings is 1. The summed E-state index contributed by atoms with van der Waals surface area (Å²) in [6.07, 6.45) is 0. The summed E-state index contributed by atoms with van der Waals surface area (Å²) in [5, 5.41) is 8.80. The van der Waals surface area contributed by atoms with Gasteiger partial charge in [0.25, 0.3) is 0 Å². The third-order valence-electron chi connectivity index (χ3n) is 5.25. The van der Waals surface area contributed by atoms with E-state index in [-0.39, 0.29) is 6.04 Å². The van der Waals surface area contributed by atoms with Crippen molar-refractivity contribution in [2.24, 2.45) is 7.05 Å². The van der Waals surface area contributed by atoms with Gasteiger partial charge < -0.3 is 19.5 Å². The van der Waals surface area contributed by atoms with Gasteiger partial charge in [-0.15, -0.1) is 11.3 Å². The molecule has 0 aliphatic rings. The first-order valence-electron chi connectivity index (χ1n) is 10.2. The molecule has 1 unspecified atom stereocenters. The van der Waals surface area contributed by atoms with Gasteiger partial charge in [-0.25, -0.2) is 14.8 Å². The number of nitrogens with one attached hydrogen (secondary N) is 1. The predicted octanol–water partition coefficient (Wildman–Crippen LogP) is 4.38. The van der Waals surface area contributed by atoms with E-state index in [0.29, 0.717) is 28.8 Å². The molecule has 1 atom stereocenters. The molecular weight excluding hydrogens is 442 g/mol. The molecule has 0 spiro atoms. The number of carbonyl (C=O) groups is 1. The second-order valence-electron chi connectivity index (χ2n) is 7.44. The van der Waals surface area contributed by atoms with Gasteiger partial charge in [-0.2, -0.15) is 5.10 Å². The maximum atomic E-state index is 11.9. The van der Waals surface area contributed by atoms with Crippen LogP contribution in [-0.2, 0) is 11.8 Å². The SMILES string of the molecule is COC(=O)c1cc(-c2ccc(C(C)Nc3nc(C)nc4cc(OC)c(OC)cc34)s2)nn1C. The maximum absolute atomic E-state index is 11.9. The van der Waals surface area contributed by atoms with Crippen molar-refractivity contribution in [1.29, 1.82) is 0 Å². The van der Waals surface area contributed by atoms with Gasteiger partial charge in [-0.3, -0.25) is 4.68 Å². The van der Waals surface area contributed by atoms with Crippen molar-refractivity contribution in [3.63, 3.8) is 0 Å². The van der Waals surface area contributed by atoms with Gasteiger partial charge in [-0.1, -0.05) is 0 Å². The molecule has 9 nitrogen and oxygen atoms in total. The van der Waals surface area contributed by atoms with E-state index in [1.807, 2.05) is 31.2 Å². The lowest BCUT2D eigenvalue weighted by Gasteiger charge is -2.16. The maximum Gasteiger partial charge on any atom is 0.356 e. The first-order valence-corrected chi connectivity index (χ1v) is 11.1. The molecule has 1 aromatic carbocycles. The van der Waals surface area contributed by atoms with Crippen LogP contribution in [0.4, 0.5) is 5.82 Å². The Labute approximate surface area is 195 Å². The van der Waals surface area contributed by atoms with Crippen molar-refractivity contribution in [3.8, 4) is 22.1 Å². The van der Waals surface area contributed by atoms with Gasteiger partial charge in [-0.05, 0) is 38.1 Å². The van der Waals surface area contributed by atoms with Crippen LogP contribution in [0.15, 0.2) is 30.3 Å². The van der Waals surface area contributed by atoms with Crippen LogP contribution < -0.4 is 14.8 Å². The smallest absolute Gasteiger partial charge is 0.356 e. The van der Waals surface area contributed by atoms with Crippen molar-refractivity contribution in [1.82, 2.24) is 19.7 Å². The zero-order valence-corrected chi connectivity index (χ0v) is 20.1. The highest BCUT2D eigenvalue weighted by Crippen LogP contribution is 2.36. The van der Waals surface area contributed by atoms with Crippen molar-refractivity contribution in [2.75, 3.05) is 26.6 Å². The van der Waals surface area contributed by atoms with Crippen molar-refractivity contribution in [3.05, 3.63) is 46.7 Å². The van der Waals surface area contributed by atoms with Crippen molar-refractivity contribution in [2.45, 2.75) is 19.9 Å². The second-order valence-corrected chi connectivity index (χ2v) is 8.56. The average molecular weight is 468 g/mol. The van der Waals surface area contributed by atoms with Crippen LogP contribution in [0.2, 0.25) is 0 Å². The topological polar surface area (TPSA) is 100 Å². The predicted molar refractivity (Wildman–Crippen MR) is 127 cm³/mol. The summed E-state index contributed by atoms with van der Waals surface area (Å²) >= 11 is 1.60. The molecule has 0 saturated carbocycles. The minimum absolute atomic E-state index is 0.0295. The van der Waals surface area contributed by atoms with Crippen LogP contribution in [0.25, 0.3) is 21.5 Å². The fourth-order valence-corrected chi connectivity index (χ4v) is 4.53. The van der Waals surface area contributed by atoms with Crippen LogP contribution >= 0.6 is 11.3 Å². The Morgan fingerprint density at radius 2 is 1.82 bits per heavy atom. The van der Waals surface area contributed by atoms with E-state index >= 15 is 0 Å². The molecule has 0 saturated heterocycles. The van der Waals surface area contributed by atoms with E-state index < -0.39 is 5.97 Å². The second kappa shape index (κ2) is 9.07. The summed E-state index contributed by atoms with van der Waals surface area (Å²) in [5.74, 6) is 2.18. The minimum atomic E-state index is -0.416. The molecule has 10 heteroatoms. The van der Waals surface area contributed by atoms with Gasteiger partial charge in [0.15, 0.2) is 11.5 Å². The fraction of sp³-hybridized carbons (Fsp3) is 0.304. The van der Waals surface area contributed by atoms with Crippen LogP contribution in [-0.4, -0.2) is 47.0 Å².